The minimum atomic E-state index is -0.357. The van der Waals surface area contributed by atoms with Crippen molar-refractivity contribution in [2.24, 2.45) is 0 Å². The zero-order valence-electron chi connectivity index (χ0n) is 12.3. The molecule has 3 aromatic rings. The molecule has 0 saturated carbocycles. The maximum Gasteiger partial charge on any atom is 0.214 e. The summed E-state index contributed by atoms with van der Waals surface area (Å²) in [6.45, 7) is 3.68. The van der Waals surface area contributed by atoms with Crippen LogP contribution in [0.2, 0.25) is 0 Å². The van der Waals surface area contributed by atoms with Gasteiger partial charge in [0.1, 0.15) is 0 Å². The number of nitro groups is 1. The number of aromatic nitrogens is 1. The molecule has 1 N–H and O–H groups in total. The fourth-order valence-electron chi connectivity index (χ4n) is 2.97. The predicted octanol–water partition coefficient (Wildman–Crippen LogP) is 4.98. The number of fused-ring (bicyclic) bond motifs is 1. The van der Waals surface area contributed by atoms with Gasteiger partial charge in [-0.05, 0) is 29.3 Å². The Bertz CT molecular complexity index is 886. The van der Waals surface area contributed by atoms with Crippen LogP contribution in [0.4, 0.5) is 0 Å². The second-order valence-corrected chi connectivity index (χ2v) is 6.15. The summed E-state index contributed by atoms with van der Waals surface area (Å²) in [4.78, 5) is 14.3. The Kier molecular flexibility index (Phi) is 4.30. The van der Waals surface area contributed by atoms with Crippen LogP contribution in [0.3, 0.4) is 0 Å². The summed E-state index contributed by atoms with van der Waals surface area (Å²) in [6, 6.07) is 15.5. The molecule has 0 bridgehead atoms. The second-order valence-electron chi connectivity index (χ2n) is 5.29. The van der Waals surface area contributed by atoms with E-state index in [9.17, 15) is 10.1 Å². The van der Waals surface area contributed by atoms with Crippen LogP contribution in [0.15, 0.2) is 59.6 Å². The maximum absolute atomic E-state index is 11.3. The largest absolute Gasteiger partial charge is 0.355 e. The average molecular weight is 371 g/mol. The molecule has 0 fully saturated rings. The van der Waals surface area contributed by atoms with Crippen molar-refractivity contribution in [1.29, 1.82) is 0 Å². The van der Waals surface area contributed by atoms with Gasteiger partial charge in [0.2, 0.25) is 6.54 Å². The van der Waals surface area contributed by atoms with Gasteiger partial charge in [-0.25, -0.2) is 0 Å². The molecule has 4 nitrogen and oxygen atoms in total. The van der Waals surface area contributed by atoms with Crippen LogP contribution in [0.1, 0.15) is 22.7 Å². The summed E-state index contributed by atoms with van der Waals surface area (Å²) in [6.07, 6.45) is 1.72. The maximum atomic E-state index is 11.3. The number of hydrogen-bond donors (Lipinski definition) is 1. The number of halogens is 1. The zero-order valence-corrected chi connectivity index (χ0v) is 13.9. The van der Waals surface area contributed by atoms with Crippen LogP contribution in [0, 0.1) is 10.1 Å². The van der Waals surface area contributed by atoms with Gasteiger partial charge in [-0.2, -0.15) is 0 Å². The van der Waals surface area contributed by atoms with Gasteiger partial charge < -0.3 is 4.98 Å². The van der Waals surface area contributed by atoms with Gasteiger partial charge in [-0.3, -0.25) is 10.1 Å². The normalized spacial score (nSPS) is 12.2. The number of rotatable bonds is 5. The standard InChI is InChI=1S/C18H15BrN2O2/c1-2-16-18(13-8-4-6-10-17(13)20-16)14(11-21(22)23)12-7-3-5-9-15(12)19/h2-10,14,20H,1,11H2. The number of H-pyrrole nitrogens is 1. The van der Waals surface area contributed by atoms with E-state index in [2.05, 4.69) is 27.5 Å². The van der Waals surface area contributed by atoms with Gasteiger partial charge in [-0.15, -0.1) is 0 Å². The lowest BCUT2D eigenvalue weighted by Gasteiger charge is -2.16. The first-order valence-electron chi connectivity index (χ1n) is 7.21. The second kappa shape index (κ2) is 6.38. The van der Waals surface area contributed by atoms with Crippen LogP contribution in [-0.2, 0) is 0 Å². The SMILES string of the molecule is C=Cc1[nH]c2ccccc2c1C(C[N+](=O)[O-])c1ccccc1Br. The highest BCUT2D eigenvalue weighted by molar-refractivity contribution is 9.10. The quantitative estimate of drug-likeness (QED) is 0.508. The van der Waals surface area contributed by atoms with Crippen LogP contribution in [0.5, 0.6) is 0 Å². The Hall–Kier alpha value is -2.40. The van der Waals surface area contributed by atoms with Gasteiger partial charge in [0.25, 0.3) is 0 Å². The van der Waals surface area contributed by atoms with Crippen molar-refractivity contribution in [3.63, 3.8) is 0 Å². The number of nitrogens with zero attached hydrogens (tertiary/aromatic N) is 1. The minimum absolute atomic E-state index is 0.175. The van der Waals surface area contributed by atoms with Gasteiger partial charge >= 0.3 is 0 Å². The Balaban J connectivity index is 2.27. The highest BCUT2D eigenvalue weighted by atomic mass is 79.9. The van der Waals surface area contributed by atoms with Gasteiger partial charge in [-0.1, -0.05) is 58.9 Å². The third-order valence-electron chi connectivity index (χ3n) is 3.94. The van der Waals surface area contributed by atoms with E-state index in [0.717, 1.165) is 32.2 Å². The first-order chi connectivity index (χ1) is 11.1. The van der Waals surface area contributed by atoms with E-state index in [1.807, 2.05) is 48.5 Å². The Morgan fingerprint density at radius 3 is 2.61 bits per heavy atom. The van der Waals surface area contributed by atoms with Gasteiger partial charge in [0.05, 0.1) is 5.92 Å². The molecule has 3 rings (SSSR count). The number of nitrogens with one attached hydrogen (secondary N) is 1. The van der Waals surface area contributed by atoms with Gasteiger partial charge in [0, 0.05) is 26.0 Å². The van der Waals surface area contributed by atoms with E-state index in [0.29, 0.717) is 0 Å². The van der Waals surface area contributed by atoms with E-state index in [4.69, 9.17) is 0 Å². The molecule has 1 unspecified atom stereocenters. The summed E-state index contributed by atoms with van der Waals surface area (Å²) in [5.74, 6) is -0.357. The Labute approximate surface area is 142 Å². The lowest BCUT2D eigenvalue weighted by atomic mass is 9.89. The molecule has 0 aliphatic heterocycles. The van der Waals surface area contributed by atoms with Crippen LogP contribution >= 0.6 is 15.9 Å². The van der Waals surface area contributed by atoms with Crippen molar-refractivity contribution in [1.82, 2.24) is 4.98 Å². The molecule has 2 aromatic carbocycles. The van der Waals surface area contributed by atoms with Crippen molar-refractivity contribution in [2.75, 3.05) is 6.54 Å². The van der Waals surface area contributed by atoms with E-state index in [-0.39, 0.29) is 17.4 Å². The molecular formula is C18H15BrN2O2. The third kappa shape index (κ3) is 2.92. The van der Waals surface area contributed by atoms with Crippen molar-refractivity contribution in [2.45, 2.75) is 5.92 Å². The zero-order chi connectivity index (χ0) is 16.4. The smallest absolute Gasteiger partial charge is 0.214 e. The molecule has 0 aliphatic carbocycles. The highest BCUT2D eigenvalue weighted by Crippen LogP contribution is 2.37. The topological polar surface area (TPSA) is 58.9 Å². The molecular weight excluding hydrogens is 356 g/mol. The fraction of sp³-hybridized carbons (Fsp3) is 0.111. The summed E-state index contributed by atoms with van der Waals surface area (Å²) in [7, 11) is 0. The number of para-hydroxylation sites is 1. The lowest BCUT2D eigenvalue weighted by Crippen LogP contribution is -2.15. The molecule has 1 aromatic heterocycles. The third-order valence-corrected chi connectivity index (χ3v) is 4.66. The highest BCUT2D eigenvalue weighted by Gasteiger charge is 2.27. The summed E-state index contributed by atoms with van der Waals surface area (Å²) in [5.41, 5.74) is 3.60. The van der Waals surface area contributed by atoms with Crippen LogP contribution in [-0.4, -0.2) is 16.5 Å². The fourth-order valence-corrected chi connectivity index (χ4v) is 3.53. The van der Waals surface area contributed by atoms with E-state index >= 15 is 0 Å². The van der Waals surface area contributed by atoms with E-state index in [1.165, 1.54) is 0 Å². The minimum Gasteiger partial charge on any atom is -0.355 e. The van der Waals surface area contributed by atoms with E-state index < -0.39 is 0 Å². The molecule has 0 spiro atoms. The lowest BCUT2D eigenvalue weighted by molar-refractivity contribution is -0.481. The monoisotopic (exact) mass is 370 g/mol. The number of hydrogen-bond acceptors (Lipinski definition) is 2. The first kappa shape index (κ1) is 15.5. The average Bonchev–Trinajstić information content (AvgIpc) is 2.91. The summed E-state index contributed by atoms with van der Waals surface area (Å²) in [5, 5.41) is 12.3. The molecule has 1 atom stereocenters. The molecule has 23 heavy (non-hydrogen) atoms. The van der Waals surface area contributed by atoms with Crippen molar-refractivity contribution in [3.8, 4) is 0 Å². The predicted molar refractivity (Wildman–Crippen MR) is 96.2 cm³/mol. The molecule has 116 valence electrons. The molecule has 0 amide bonds. The van der Waals surface area contributed by atoms with Crippen LogP contribution < -0.4 is 0 Å². The molecule has 0 saturated heterocycles. The summed E-state index contributed by atoms with van der Waals surface area (Å²) < 4.78 is 0.868. The van der Waals surface area contributed by atoms with Gasteiger partial charge in [0.15, 0.2) is 0 Å². The number of benzene rings is 2. The Morgan fingerprint density at radius 2 is 1.91 bits per heavy atom. The van der Waals surface area contributed by atoms with Crippen molar-refractivity contribution < 1.29 is 4.92 Å². The number of aromatic amines is 1. The summed E-state index contributed by atoms with van der Waals surface area (Å²) >= 11 is 3.52. The first-order valence-corrected chi connectivity index (χ1v) is 8.00. The molecule has 1 heterocycles. The van der Waals surface area contributed by atoms with E-state index in [1.54, 1.807) is 6.08 Å². The van der Waals surface area contributed by atoms with Crippen LogP contribution in [0.25, 0.3) is 17.0 Å². The van der Waals surface area contributed by atoms with Crippen molar-refractivity contribution >= 4 is 32.9 Å². The van der Waals surface area contributed by atoms with Crippen molar-refractivity contribution in [3.05, 3.63) is 86.5 Å². The molecule has 5 heteroatoms. The molecule has 0 radical (unpaired) electrons. The molecule has 0 aliphatic rings. The Morgan fingerprint density at radius 1 is 1.22 bits per heavy atom.